The van der Waals surface area contributed by atoms with E-state index >= 15 is 0 Å². The number of hydrogen-bond acceptors (Lipinski definition) is 3. The van der Waals surface area contributed by atoms with E-state index in [-0.39, 0.29) is 29.4 Å². The van der Waals surface area contributed by atoms with Crippen LogP contribution in [0.2, 0.25) is 5.02 Å². The molecular weight excluding hydrogens is 418 g/mol. The maximum Gasteiger partial charge on any atom is 0.435 e. The maximum atomic E-state index is 13.7. The third kappa shape index (κ3) is 3.61. The first-order chi connectivity index (χ1) is 13.5. The Morgan fingerprint density at radius 2 is 2.07 bits per heavy atom. The third-order valence-electron chi connectivity index (χ3n) is 4.95. The number of hydrogen-bond donors (Lipinski definition) is 3. The van der Waals surface area contributed by atoms with Crippen molar-refractivity contribution in [2.45, 2.75) is 24.6 Å². The molecule has 1 unspecified atom stereocenters. The topological polar surface area (TPSA) is 104 Å². The number of piperazine rings is 1. The predicted octanol–water partition coefficient (Wildman–Crippen LogP) is 2.62. The third-order valence-corrected chi connectivity index (χ3v) is 5.24. The van der Waals surface area contributed by atoms with Gasteiger partial charge in [0.2, 0.25) is 5.91 Å². The van der Waals surface area contributed by atoms with Crippen LogP contribution in [0.15, 0.2) is 24.3 Å². The van der Waals surface area contributed by atoms with Crippen LogP contribution >= 0.6 is 11.6 Å². The van der Waals surface area contributed by atoms with E-state index in [1.165, 1.54) is 19.1 Å². The van der Waals surface area contributed by atoms with Crippen LogP contribution in [0.3, 0.4) is 0 Å². The molecule has 0 saturated carbocycles. The van der Waals surface area contributed by atoms with Crippen LogP contribution in [0.4, 0.5) is 22.4 Å². The van der Waals surface area contributed by atoms with E-state index in [0.717, 1.165) is 17.0 Å². The van der Waals surface area contributed by atoms with Crippen molar-refractivity contribution >= 4 is 23.5 Å². The molecule has 0 bridgehead atoms. The number of H-pyrrole nitrogens is 1. The summed E-state index contributed by atoms with van der Waals surface area (Å²) in [6.45, 7) is 1.51. The number of nitrogens with zero attached hydrogens (tertiary/aromatic N) is 2. The number of amides is 3. The Balaban J connectivity index is 2.24. The molecule has 0 spiro atoms. The number of carbonyl (C=O) groups excluding carboxylic acids is 2. The van der Waals surface area contributed by atoms with Crippen molar-refractivity contribution in [2.75, 3.05) is 13.1 Å². The van der Waals surface area contributed by atoms with Gasteiger partial charge in [-0.1, -0.05) is 17.7 Å². The van der Waals surface area contributed by atoms with Crippen LogP contribution in [-0.4, -0.2) is 45.7 Å². The lowest BCUT2D eigenvalue weighted by atomic mass is 9.75. The highest BCUT2D eigenvalue weighted by atomic mass is 35.5. The zero-order valence-electron chi connectivity index (χ0n) is 15.0. The Hall–Kier alpha value is -2.82. The summed E-state index contributed by atoms with van der Waals surface area (Å²) in [5.41, 5.74) is 2.57. The Kier molecular flexibility index (Phi) is 5.20. The highest BCUT2D eigenvalue weighted by molar-refractivity contribution is 6.30. The second-order valence-electron chi connectivity index (χ2n) is 6.71. The average molecular weight is 434 g/mol. The molecule has 0 aliphatic carbocycles. The van der Waals surface area contributed by atoms with Gasteiger partial charge in [0, 0.05) is 18.8 Å². The second kappa shape index (κ2) is 7.21. The predicted molar refractivity (Wildman–Crippen MR) is 94.5 cm³/mol. The van der Waals surface area contributed by atoms with Crippen molar-refractivity contribution in [3.63, 3.8) is 0 Å². The molecule has 2 heterocycles. The number of carbonyl (C=O) groups is 2. The number of nitrogens with two attached hydrogens (primary N) is 1. The summed E-state index contributed by atoms with van der Waals surface area (Å²) < 4.78 is 52.9. The van der Waals surface area contributed by atoms with E-state index in [9.17, 15) is 27.2 Å². The SMILES string of the molecule is CC1([C@H](c2ccc(F)c(Cl)c2)c2cc(C(F)(F)F)n[nH]2)C(=O)NCCN1C(N)=O. The molecule has 0 radical (unpaired) electrons. The van der Waals surface area contributed by atoms with Gasteiger partial charge in [-0.2, -0.15) is 18.3 Å². The fraction of sp³-hybridized carbons (Fsp3) is 0.353. The summed E-state index contributed by atoms with van der Waals surface area (Å²) in [4.78, 5) is 26.0. The molecule has 1 saturated heterocycles. The van der Waals surface area contributed by atoms with Crippen LogP contribution in [-0.2, 0) is 11.0 Å². The number of rotatable bonds is 3. The van der Waals surface area contributed by atoms with Gasteiger partial charge in [-0.15, -0.1) is 0 Å². The summed E-state index contributed by atoms with van der Waals surface area (Å²) in [5.74, 6) is -2.59. The fourth-order valence-corrected chi connectivity index (χ4v) is 3.76. The fourth-order valence-electron chi connectivity index (χ4n) is 3.57. The van der Waals surface area contributed by atoms with E-state index in [0.29, 0.717) is 0 Å². The number of aromatic amines is 1. The van der Waals surface area contributed by atoms with Gasteiger partial charge in [0.05, 0.1) is 10.9 Å². The maximum absolute atomic E-state index is 13.7. The number of aromatic nitrogens is 2. The summed E-state index contributed by atoms with van der Waals surface area (Å²) >= 11 is 5.86. The van der Waals surface area contributed by atoms with Crippen molar-refractivity contribution in [1.82, 2.24) is 20.4 Å². The van der Waals surface area contributed by atoms with Gasteiger partial charge in [0.1, 0.15) is 11.4 Å². The van der Waals surface area contributed by atoms with E-state index in [4.69, 9.17) is 17.3 Å². The number of alkyl halides is 3. The summed E-state index contributed by atoms with van der Waals surface area (Å²) in [6, 6.07) is 3.27. The van der Waals surface area contributed by atoms with E-state index in [2.05, 4.69) is 15.5 Å². The van der Waals surface area contributed by atoms with Crippen molar-refractivity contribution in [3.05, 3.63) is 52.1 Å². The molecule has 156 valence electrons. The van der Waals surface area contributed by atoms with Crippen LogP contribution in [0.25, 0.3) is 0 Å². The number of primary amides is 1. The molecule has 12 heteroatoms. The van der Waals surface area contributed by atoms with Gasteiger partial charge >= 0.3 is 12.2 Å². The number of halogens is 5. The van der Waals surface area contributed by atoms with Crippen LogP contribution < -0.4 is 11.1 Å². The minimum Gasteiger partial charge on any atom is -0.352 e. The Morgan fingerprint density at radius 1 is 1.38 bits per heavy atom. The highest BCUT2D eigenvalue weighted by Gasteiger charge is 2.52. The van der Waals surface area contributed by atoms with E-state index in [1.54, 1.807) is 0 Å². The van der Waals surface area contributed by atoms with Gasteiger partial charge < -0.3 is 16.0 Å². The van der Waals surface area contributed by atoms with Gasteiger partial charge in [0.25, 0.3) is 0 Å². The highest BCUT2D eigenvalue weighted by Crippen LogP contribution is 2.42. The minimum absolute atomic E-state index is 0.0310. The van der Waals surface area contributed by atoms with Crippen molar-refractivity contribution in [1.29, 1.82) is 0 Å². The van der Waals surface area contributed by atoms with Crippen LogP contribution in [0, 0.1) is 5.82 Å². The van der Waals surface area contributed by atoms with Crippen molar-refractivity contribution in [3.8, 4) is 0 Å². The van der Waals surface area contributed by atoms with E-state index < -0.39 is 41.1 Å². The zero-order chi connectivity index (χ0) is 21.6. The lowest BCUT2D eigenvalue weighted by Gasteiger charge is -2.47. The van der Waals surface area contributed by atoms with Crippen LogP contribution in [0.1, 0.15) is 29.8 Å². The first-order valence-corrected chi connectivity index (χ1v) is 8.77. The molecule has 4 N–H and O–H groups in total. The summed E-state index contributed by atoms with van der Waals surface area (Å²) in [5, 5.41) is 7.84. The normalized spacial score (nSPS) is 21.0. The molecule has 2 aromatic rings. The zero-order valence-corrected chi connectivity index (χ0v) is 15.7. The standard InChI is InChI=1S/C17H16ClF4N5O2/c1-16(14(28)24-4-5-27(16)15(23)29)13(8-2-3-10(19)9(18)6-8)11-7-12(26-25-11)17(20,21)22/h2-3,6-7,13H,4-5H2,1H3,(H2,23,29)(H,24,28)(H,25,26)/t13-,16?/m1/s1. The van der Waals surface area contributed by atoms with Crippen molar-refractivity contribution < 1.29 is 27.2 Å². The molecule has 1 aliphatic heterocycles. The molecule has 29 heavy (non-hydrogen) atoms. The van der Waals surface area contributed by atoms with E-state index in [1.807, 2.05) is 0 Å². The smallest absolute Gasteiger partial charge is 0.352 e. The molecule has 1 aromatic carbocycles. The minimum atomic E-state index is -4.74. The summed E-state index contributed by atoms with van der Waals surface area (Å²) in [6.07, 6.45) is -4.74. The number of nitrogens with one attached hydrogen (secondary N) is 2. The van der Waals surface area contributed by atoms with Crippen molar-refractivity contribution in [2.24, 2.45) is 5.73 Å². The lowest BCUT2D eigenvalue weighted by Crippen LogP contribution is -2.68. The second-order valence-corrected chi connectivity index (χ2v) is 7.11. The molecule has 1 aliphatic rings. The Labute approximate surface area is 167 Å². The largest absolute Gasteiger partial charge is 0.435 e. The molecule has 7 nitrogen and oxygen atoms in total. The first kappa shape index (κ1) is 20.9. The van der Waals surface area contributed by atoms with Crippen LogP contribution in [0.5, 0.6) is 0 Å². The molecule has 1 aromatic heterocycles. The first-order valence-electron chi connectivity index (χ1n) is 8.39. The summed E-state index contributed by atoms with van der Waals surface area (Å²) in [7, 11) is 0. The van der Waals surface area contributed by atoms with Gasteiger partial charge in [0.15, 0.2) is 5.69 Å². The molecule has 3 amide bonds. The number of urea groups is 1. The van der Waals surface area contributed by atoms with Gasteiger partial charge in [-0.05, 0) is 30.7 Å². The molecule has 3 rings (SSSR count). The molecule has 2 atom stereocenters. The monoisotopic (exact) mass is 433 g/mol. The average Bonchev–Trinajstić information content (AvgIpc) is 3.10. The van der Waals surface area contributed by atoms with Gasteiger partial charge in [-0.25, -0.2) is 9.18 Å². The Morgan fingerprint density at radius 3 is 2.62 bits per heavy atom. The lowest BCUT2D eigenvalue weighted by molar-refractivity contribution is -0.141. The number of benzene rings is 1. The molecular formula is C17H16ClF4N5O2. The van der Waals surface area contributed by atoms with Gasteiger partial charge in [-0.3, -0.25) is 9.89 Å². The molecule has 1 fully saturated rings. The Bertz CT molecular complexity index is 964. The quantitative estimate of drug-likeness (QED) is 0.648.